The molecule has 10 heteroatoms. The fourth-order valence-electron chi connectivity index (χ4n) is 1.62. The summed E-state index contributed by atoms with van der Waals surface area (Å²) in [6.07, 6.45) is 0. The zero-order valence-corrected chi connectivity index (χ0v) is 13.5. The minimum absolute atomic E-state index is 0.178. The van der Waals surface area contributed by atoms with Crippen molar-refractivity contribution in [3.8, 4) is 0 Å². The Morgan fingerprint density at radius 2 is 1.09 bits per heavy atom. The summed E-state index contributed by atoms with van der Waals surface area (Å²) in [5.41, 5.74) is 0. The van der Waals surface area contributed by atoms with Crippen LogP contribution in [0.2, 0.25) is 0 Å². The van der Waals surface area contributed by atoms with Crippen molar-refractivity contribution in [1.82, 2.24) is 21.3 Å². The molecule has 134 valence electrons. The molecule has 0 spiro atoms. The predicted molar refractivity (Wildman–Crippen MR) is 81.2 cm³/mol. The predicted octanol–water partition coefficient (Wildman–Crippen LogP) is -3.95. The average Bonchev–Trinajstić information content (AvgIpc) is 2.50. The third-order valence-corrected chi connectivity index (χ3v) is 2.91. The zero-order valence-electron chi connectivity index (χ0n) is 13.5. The zero-order chi connectivity index (χ0) is 18.0. The fourth-order valence-corrected chi connectivity index (χ4v) is 1.62. The molecule has 1 unspecified atom stereocenters. The smallest absolute Gasteiger partial charge is 0.245 e. The number of hydrogen-bond acceptors (Lipinski definition) is 7. The Bertz CT molecular complexity index is 400. The molecule has 0 aromatic carbocycles. The van der Waals surface area contributed by atoms with E-state index >= 15 is 0 Å². The quantitative estimate of drug-likeness (QED) is 0.215. The van der Waals surface area contributed by atoms with E-state index in [2.05, 4.69) is 21.3 Å². The molecule has 0 radical (unpaired) electrons. The first-order valence-corrected chi connectivity index (χ1v) is 7.21. The van der Waals surface area contributed by atoms with E-state index in [1.165, 1.54) is 7.05 Å². The van der Waals surface area contributed by atoms with E-state index in [0.717, 1.165) is 0 Å². The summed E-state index contributed by atoms with van der Waals surface area (Å²) in [5, 5.41) is 36.9. The molecule has 0 bridgehead atoms. The van der Waals surface area contributed by atoms with Gasteiger partial charge in [-0.25, -0.2) is 0 Å². The van der Waals surface area contributed by atoms with Crippen LogP contribution in [-0.2, 0) is 14.4 Å². The molecule has 0 aromatic heterocycles. The molecular formula is C13H26N4O6. The summed E-state index contributed by atoms with van der Waals surface area (Å²) in [6, 6.07) is -3.63. The van der Waals surface area contributed by atoms with Gasteiger partial charge in [0, 0.05) is 6.04 Å². The van der Waals surface area contributed by atoms with Crippen molar-refractivity contribution in [2.45, 2.75) is 38.0 Å². The maximum absolute atomic E-state index is 12.0. The van der Waals surface area contributed by atoms with Crippen LogP contribution >= 0.6 is 0 Å². The van der Waals surface area contributed by atoms with Gasteiger partial charge in [-0.3, -0.25) is 14.4 Å². The van der Waals surface area contributed by atoms with Gasteiger partial charge in [-0.05, 0) is 20.9 Å². The van der Waals surface area contributed by atoms with E-state index in [1.807, 2.05) is 0 Å². The number of aliphatic hydroxyl groups is 3. The topological polar surface area (TPSA) is 160 Å². The summed E-state index contributed by atoms with van der Waals surface area (Å²) in [4.78, 5) is 35.5. The molecule has 0 fully saturated rings. The van der Waals surface area contributed by atoms with Crippen LogP contribution in [0.15, 0.2) is 0 Å². The molecule has 0 aliphatic carbocycles. The highest BCUT2D eigenvalue weighted by Gasteiger charge is 2.27. The van der Waals surface area contributed by atoms with Gasteiger partial charge in [0.1, 0.15) is 18.1 Å². The first kappa shape index (κ1) is 21.2. The standard InChI is InChI=1S/C13H26N4O6/c1-7(2)15-12(22)9(5-19)17-13(23)10(6-20)16-11(21)8(4-18)14-3/h7-10,14,18-20H,4-6H2,1-3H3,(H,15,22)(H,16,21)(H,17,23)/t8-,9-,10?/m0/s1. The second-order valence-electron chi connectivity index (χ2n) is 5.17. The van der Waals surface area contributed by atoms with Gasteiger partial charge < -0.3 is 36.6 Å². The molecule has 0 aliphatic rings. The Hall–Kier alpha value is -1.75. The van der Waals surface area contributed by atoms with Crippen molar-refractivity contribution in [2.75, 3.05) is 26.9 Å². The molecule has 0 rings (SSSR count). The number of carbonyl (C=O) groups is 3. The van der Waals surface area contributed by atoms with Crippen LogP contribution in [-0.4, -0.2) is 84.1 Å². The van der Waals surface area contributed by atoms with Crippen LogP contribution in [0.4, 0.5) is 0 Å². The second-order valence-corrected chi connectivity index (χ2v) is 5.17. The molecule has 0 aliphatic heterocycles. The summed E-state index contributed by atoms with van der Waals surface area (Å²) < 4.78 is 0. The van der Waals surface area contributed by atoms with Crippen LogP contribution in [0.1, 0.15) is 13.8 Å². The summed E-state index contributed by atoms with van der Waals surface area (Å²) >= 11 is 0. The van der Waals surface area contributed by atoms with E-state index in [4.69, 9.17) is 5.11 Å². The molecule has 0 saturated heterocycles. The van der Waals surface area contributed by atoms with Crippen LogP contribution in [0.25, 0.3) is 0 Å². The van der Waals surface area contributed by atoms with Crippen molar-refractivity contribution in [3.63, 3.8) is 0 Å². The number of rotatable bonds is 10. The normalized spacial score (nSPS) is 14.7. The average molecular weight is 334 g/mol. The second kappa shape index (κ2) is 10.9. The van der Waals surface area contributed by atoms with Gasteiger partial charge in [0.05, 0.1) is 19.8 Å². The van der Waals surface area contributed by atoms with Gasteiger partial charge in [0.15, 0.2) is 0 Å². The minimum Gasteiger partial charge on any atom is -0.394 e. The SMILES string of the molecule is CN[C@@H](CO)C(=O)NC(CO)C(=O)N[C@@H](CO)C(=O)NC(C)C. The van der Waals surface area contributed by atoms with Gasteiger partial charge in [0.2, 0.25) is 17.7 Å². The van der Waals surface area contributed by atoms with E-state index < -0.39 is 55.7 Å². The molecule has 0 heterocycles. The first-order chi connectivity index (χ1) is 10.8. The highest BCUT2D eigenvalue weighted by Crippen LogP contribution is 1.92. The molecule has 0 saturated carbocycles. The number of nitrogens with one attached hydrogen (secondary N) is 4. The van der Waals surface area contributed by atoms with E-state index in [-0.39, 0.29) is 6.04 Å². The lowest BCUT2D eigenvalue weighted by molar-refractivity contribution is -0.134. The third kappa shape index (κ3) is 7.37. The van der Waals surface area contributed by atoms with Crippen LogP contribution in [0.3, 0.4) is 0 Å². The van der Waals surface area contributed by atoms with Crippen molar-refractivity contribution in [2.24, 2.45) is 0 Å². The number of amides is 3. The largest absolute Gasteiger partial charge is 0.394 e. The van der Waals surface area contributed by atoms with Gasteiger partial charge in [-0.15, -0.1) is 0 Å². The minimum atomic E-state index is -1.31. The van der Waals surface area contributed by atoms with Crippen molar-refractivity contribution in [3.05, 3.63) is 0 Å². The Labute approximate surface area is 134 Å². The number of likely N-dealkylation sites (N-methyl/N-ethyl adjacent to an activating group) is 1. The van der Waals surface area contributed by atoms with Gasteiger partial charge in [-0.1, -0.05) is 0 Å². The Kier molecular flexibility index (Phi) is 10.1. The monoisotopic (exact) mass is 334 g/mol. The lowest BCUT2D eigenvalue weighted by Gasteiger charge is -2.23. The molecule has 3 atom stereocenters. The van der Waals surface area contributed by atoms with Gasteiger partial charge in [0.25, 0.3) is 0 Å². The maximum Gasteiger partial charge on any atom is 0.245 e. The van der Waals surface area contributed by atoms with Crippen LogP contribution in [0.5, 0.6) is 0 Å². The third-order valence-electron chi connectivity index (χ3n) is 2.91. The van der Waals surface area contributed by atoms with Crippen LogP contribution in [0, 0.1) is 0 Å². The van der Waals surface area contributed by atoms with Crippen molar-refractivity contribution < 1.29 is 29.7 Å². The Balaban J connectivity index is 4.75. The summed E-state index contributed by atoms with van der Waals surface area (Å²) in [7, 11) is 1.45. The molecule has 3 amide bonds. The lowest BCUT2D eigenvalue weighted by Crippen LogP contribution is -2.58. The number of aliphatic hydroxyl groups excluding tert-OH is 3. The fraction of sp³-hybridized carbons (Fsp3) is 0.769. The highest BCUT2D eigenvalue weighted by atomic mass is 16.3. The summed E-state index contributed by atoms with van der Waals surface area (Å²) in [6.45, 7) is 1.61. The Morgan fingerprint density at radius 1 is 0.739 bits per heavy atom. The molecule has 7 N–H and O–H groups in total. The maximum atomic E-state index is 12.0. The lowest BCUT2D eigenvalue weighted by atomic mass is 10.2. The number of hydrogen-bond donors (Lipinski definition) is 7. The molecule has 0 aromatic rings. The van der Waals surface area contributed by atoms with E-state index in [0.29, 0.717) is 0 Å². The summed E-state index contributed by atoms with van der Waals surface area (Å²) in [5.74, 6) is -2.09. The van der Waals surface area contributed by atoms with Gasteiger partial charge >= 0.3 is 0 Å². The Morgan fingerprint density at radius 3 is 1.39 bits per heavy atom. The molecule has 10 nitrogen and oxygen atoms in total. The highest BCUT2D eigenvalue weighted by molar-refractivity contribution is 5.93. The molecular weight excluding hydrogens is 308 g/mol. The number of carbonyl (C=O) groups excluding carboxylic acids is 3. The van der Waals surface area contributed by atoms with E-state index in [9.17, 15) is 24.6 Å². The van der Waals surface area contributed by atoms with Crippen molar-refractivity contribution in [1.29, 1.82) is 0 Å². The van der Waals surface area contributed by atoms with Crippen LogP contribution < -0.4 is 21.3 Å². The van der Waals surface area contributed by atoms with E-state index in [1.54, 1.807) is 13.8 Å². The first-order valence-electron chi connectivity index (χ1n) is 7.21. The van der Waals surface area contributed by atoms with Gasteiger partial charge in [-0.2, -0.15) is 0 Å². The molecule has 23 heavy (non-hydrogen) atoms. The van der Waals surface area contributed by atoms with Crippen molar-refractivity contribution >= 4 is 17.7 Å².